The third kappa shape index (κ3) is 14.1. The van der Waals surface area contributed by atoms with Crippen LogP contribution in [0, 0.1) is 11.8 Å². The van der Waals surface area contributed by atoms with Gasteiger partial charge in [-0.1, -0.05) is 20.3 Å². The molecule has 48 heavy (non-hydrogen) atoms. The Hall–Kier alpha value is -3.81. The topological polar surface area (TPSA) is 206 Å². The molecule has 2 aliphatic rings. The van der Waals surface area contributed by atoms with Gasteiger partial charge in [-0.25, -0.2) is 4.79 Å². The zero-order valence-electron chi connectivity index (χ0n) is 29.4. The van der Waals surface area contributed by atoms with Crippen LogP contribution in [0.1, 0.15) is 106 Å². The average molecular weight is 677 g/mol. The summed E-state index contributed by atoms with van der Waals surface area (Å²) < 4.78 is 5.53. The minimum atomic E-state index is -1.01. The lowest BCUT2D eigenvalue weighted by Crippen LogP contribution is -2.56. The van der Waals surface area contributed by atoms with Crippen molar-refractivity contribution in [3.05, 3.63) is 12.2 Å². The predicted molar refractivity (Wildman–Crippen MR) is 179 cm³/mol. The van der Waals surface area contributed by atoms with Gasteiger partial charge in [0.25, 0.3) is 11.8 Å². The van der Waals surface area contributed by atoms with Crippen LogP contribution in [0.15, 0.2) is 12.2 Å². The Bertz CT molecular complexity index is 1180. The van der Waals surface area contributed by atoms with E-state index in [2.05, 4.69) is 21.3 Å². The number of ether oxygens (including phenoxy) is 1. The van der Waals surface area contributed by atoms with Crippen molar-refractivity contribution in [2.45, 2.75) is 136 Å². The third-order valence-corrected chi connectivity index (χ3v) is 8.27. The maximum absolute atomic E-state index is 13.1. The first-order chi connectivity index (χ1) is 22.5. The maximum atomic E-state index is 13.1. The molecule has 0 spiro atoms. The van der Waals surface area contributed by atoms with Crippen molar-refractivity contribution in [3.63, 3.8) is 0 Å². The lowest BCUT2D eigenvalue weighted by atomic mass is 10.0. The van der Waals surface area contributed by atoms with Gasteiger partial charge in [-0.3, -0.25) is 33.7 Å². The van der Waals surface area contributed by atoms with E-state index in [1.807, 2.05) is 0 Å². The zero-order valence-corrected chi connectivity index (χ0v) is 29.4. The molecule has 5 atom stereocenters. The monoisotopic (exact) mass is 676 g/mol. The molecule has 0 bridgehead atoms. The molecule has 1 fully saturated rings. The first-order valence-corrected chi connectivity index (χ1v) is 17.2. The van der Waals surface area contributed by atoms with Gasteiger partial charge in [0.1, 0.15) is 23.7 Å². The normalized spacial score (nSPS) is 19.5. The molecule has 0 aromatic rings. The van der Waals surface area contributed by atoms with Crippen LogP contribution in [-0.2, 0) is 38.3 Å². The summed E-state index contributed by atoms with van der Waals surface area (Å²) in [5.74, 6) is -3.07. The van der Waals surface area contributed by atoms with Gasteiger partial charge in [0.15, 0.2) is 0 Å². The molecule has 2 rings (SSSR count). The first-order valence-electron chi connectivity index (χ1n) is 17.2. The molecule has 6 amide bonds. The van der Waals surface area contributed by atoms with Crippen LogP contribution in [0.3, 0.4) is 0 Å². The summed E-state index contributed by atoms with van der Waals surface area (Å²) >= 11 is 0. The van der Waals surface area contributed by atoms with E-state index in [4.69, 9.17) is 10.5 Å². The number of hydrogen-bond acceptors (Lipinski definition) is 9. The van der Waals surface area contributed by atoms with Gasteiger partial charge in [-0.2, -0.15) is 0 Å². The lowest BCUT2D eigenvalue weighted by molar-refractivity contribution is -0.159. The zero-order chi connectivity index (χ0) is 36.0. The van der Waals surface area contributed by atoms with E-state index < -0.39 is 41.5 Å². The Morgan fingerprint density at radius 2 is 1.56 bits per heavy atom. The van der Waals surface area contributed by atoms with Gasteiger partial charge in [-0.05, 0) is 85.0 Å². The maximum Gasteiger partial charge on any atom is 0.329 e. The quantitative estimate of drug-likeness (QED) is 0.0760. The fourth-order valence-electron chi connectivity index (χ4n) is 5.54. The number of nitrogens with two attached hydrogens (primary N) is 1. The molecule has 270 valence electrons. The minimum Gasteiger partial charge on any atom is -0.458 e. The smallest absolute Gasteiger partial charge is 0.329 e. The second-order valence-electron chi connectivity index (χ2n) is 14.1. The van der Waals surface area contributed by atoms with Crippen LogP contribution in [-0.4, -0.2) is 89.2 Å². The number of nitrogens with one attached hydrogen (secondary N) is 4. The number of rotatable bonds is 19. The number of amides is 6. The van der Waals surface area contributed by atoms with Crippen LogP contribution >= 0.6 is 0 Å². The van der Waals surface area contributed by atoms with Gasteiger partial charge in [0, 0.05) is 43.6 Å². The summed E-state index contributed by atoms with van der Waals surface area (Å²) in [6.45, 7) is 11.0. The molecule has 0 aromatic heterocycles. The molecular weight excluding hydrogens is 620 g/mol. The minimum absolute atomic E-state index is 0.0104. The molecule has 0 aromatic carbocycles. The third-order valence-electron chi connectivity index (χ3n) is 8.27. The fourth-order valence-corrected chi connectivity index (χ4v) is 5.54. The highest BCUT2D eigenvalue weighted by Gasteiger charge is 2.31. The Balaban J connectivity index is 1.82. The standard InChI is InChI=1S/C34H56N6O8/c1-21(2)29(39-26(41)13-8-7-11-19-40-27(42)16-17-28(40)43)32(46)37-22(3)30(44)38-25(33(47)48-34(4,5)6)12-9-10-18-36-31(45)23-14-15-24(35)20-23/h16-17,21-25,29H,7-15,18-20,35H2,1-6H3,(H,36,45)(H,37,46)(H,38,44)(H,39,41)/t22-,23+,24-,25-,29?/m0/s1. The van der Waals surface area contributed by atoms with Crippen molar-refractivity contribution in [1.29, 1.82) is 0 Å². The largest absolute Gasteiger partial charge is 0.458 e. The van der Waals surface area contributed by atoms with E-state index in [0.717, 1.165) is 17.7 Å². The summed E-state index contributed by atoms with van der Waals surface area (Å²) in [7, 11) is 0. The van der Waals surface area contributed by atoms with Crippen LogP contribution in [0.4, 0.5) is 0 Å². The van der Waals surface area contributed by atoms with E-state index in [9.17, 15) is 33.6 Å². The SMILES string of the molecule is CC(C)C(NC(=O)CCCCCN1C(=O)C=CC1=O)C(=O)N[C@@H](C)C(=O)N[C@@H](CCCCNC(=O)[C@@H]1CC[C@H](N)C1)C(=O)OC(C)(C)C. The molecule has 0 radical (unpaired) electrons. The van der Waals surface area contributed by atoms with E-state index in [1.165, 1.54) is 19.1 Å². The Labute approximate surface area is 284 Å². The molecule has 14 nitrogen and oxygen atoms in total. The molecule has 1 saturated carbocycles. The highest BCUT2D eigenvalue weighted by Crippen LogP contribution is 2.24. The summed E-state index contributed by atoms with van der Waals surface area (Å²) in [6, 6.07) is -2.80. The summed E-state index contributed by atoms with van der Waals surface area (Å²) in [5.41, 5.74) is 5.13. The van der Waals surface area contributed by atoms with Crippen molar-refractivity contribution in [3.8, 4) is 0 Å². The summed E-state index contributed by atoms with van der Waals surface area (Å²) in [6.07, 6.45) is 8.02. The number of nitrogens with zero attached hydrogens (tertiary/aromatic N) is 1. The van der Waals surface area contributed by atoms with Crippen molar-refractivity contribution in [2.75, 3.05) is 13.1 Å². The van der Waals surface area contributed by atoms with Gasteiger partial charge in [0.2, 0.25) is 23.6 Å². The van der Waals surface area contributed by atoms with Crippen molar-refractivity contribution >= 4 is 41.4 Å². The molecule has 1 aliphatic carbocycles. The molecule has 6 N–H and O–H groups in total. The molecule has 1 unspecified atom stereocenters. The van der Waals surface area contributed by atoms with Gasteiger partial charge < -0.3 is 31.7 Å². The van der Waals surface area contributed by atoms with Crippen molar-refractivity contribution in [1.82, 2.24) is 26.2 Å². The average Bonchev–Trinajstić information content (AvgIpc) is 3.57. The van der Waals surface area contributed by atoms with Crippen molar-refractivity contribution < 1.29 is 38.3 Å². The number of hydrogen-bond donors (Lipinski definition) is 5. The van der Waals surface area contributed by atoms with Crippen LogP contribution in [0.2, 0.25) is 0 Å². The fraction of sp³-hybridized carbons (Fsp3) is 0.735. The molecule has 1 aliphatic heterocycles. The summed E-state index contributed by atoms with van der Waals surface area (Å²) in [4.78, 5) is 88.6. The van der Waals surface area contributed by atoms with Gasteiger partial charge in [-0.15, -0.1) is 0 Å². The second-order valence-corrected chi connectivity index (χ2v) is 14.1. The molecule has 0 saturated heterocycles. The molecule has 1 heterocycles. The number of esters is 1. The van der Waals surface area contributed by atoms with Crippen LogP contribution in [0.25, 0.3) is 0 Å². The number of carbonyl (C=O) groups excluding carboxylic acids is 7. The number of carbonyl (C=O) groups is 7. The highest BCUT2D eigenvalue weighted by molar-refractivity contribution is 6.12. The Morgan fingerprint density at radius 1 is 0.896 bits per heavy atom. The number of unbranched alkanes of at least 4 members (excludes halogenated alkanes) is 3. The van der Waals surface area contributed by atoms with E-state index >= 15 is 0 Å². The predicted octanol–water partition coefficient (Wildman–Crippen LogP) is 1.36. The molecule has 14 heteroatoms. The van der Waals surface area contributed by atoms with E-state index in [-0.39, 0.29) is 60.9 Å². The molecular formula is C34H56N6O8. The van der Waals surface area contributed by atoms with Gasteiger partial charge in [0.05, 0.1) is 0 Å². The summed E-state index contributed by atoms with van der Waals surface area (Å²) in [5, 5.41) is 11.0. The number of imide groups is 1. The van der Waals surface area contributed by atoms with Crippen LogP contribution in [0.5, 0.6) is 0 Å². The Kier molecular flexibility index (Phi) is 16.2. The lowest BCUT2D eigenvalue weighted by Gasteiger charge is -2.27. The second kappa shape index (κ2) is 19.3. The first kappa shape index (κ1) is 40.4. The van der Waals surface area contributed by atoms with E-state index in [1.54, 1.807) is 34.6 Å². The van der Waals surface area contributed by atoms with Gasteiger partial charge >= 0.3 is 5.97 Å². The highest BCUT2D eigenvalue weighted by atomic mass is 16.6. The Morgan fingerprint density at radius 3 is 2.15 bits per heavy atom. The van der Waals surface area contributed by atoms with Crippen molar-refractivity contribution in [2.24, 2.45) is 17.6 Å². The van der Waals surface area contributed by atoms with Crippen LogP contribution < -0.4 is 27.0 Å². The van der Waals surface area contributed by atoms with E-state index in [0.29, 0.717) is 45.1 Å².